The molecule has 0 radical (unpaired) electrons. The number of nitrogens with one attached hydrogen (secondary N) is 1. The van der Waals surface area contributed by atoms with Gasteiger partial charge in [0.2, 0.25) is 5.91 Å². The normalized spacial score (nSPS) is 17.0. The number of aryl methyl sites for hydroxylation is 1. The predicted octanol–water partition coefficient (Wildman–Crippen LogP) is 2.72. The zero-order valence-corrected chi connectivity index (χ0v) is 16.4. The van der Waals surface area contributed by atoms with Gasteiger partial charge in [0, 0.05) is 18.7 Å². The third kappa shape index (κ3) is 4.44. The monoisotopic (exact) mass is 388 g/mol. The molecule has 2 aromatic rings. The minimum absolute atomic E-state index is 0.0742. The van der Waals surface area contributed by atoms with Crippen molar-refractivity contribution in [2.75, 3.05) is 19.7 Å². The Kier molecular flexibility index (Phi) is 6.05. The summed E-state index contributed by atoms with van der Waals surface area (Å²) in [6, 6.07) is 7.90. The molecule has 144 valence electrons. The van der Waals surface area contributed by atoms with E-state index in [2.05, 4.69) is 10.2 Å². The van der Waals surface area contributed by atoms with Crippen LogP contribution in [0.5, 0.6) is 0 Å². The molecule has 3 rings (SSSR count). The largest absolute Gasteiger partial charge is 0.466 e. The smallest absolute Gasteiger partial charge is 0.310 e. The van der Waals surface area contributed by atoms with E-state index in [4.69, 9.17) is 17.0 Å². The van der Waals surface area contributed by atoms with Crippen molar-refractivity contribution in [3.8, 4) is 11.4 Å². The Bertz CT molecular complexity index is 872. The standard InChI is InChI=1S/C19H24N4O3S/c1-3-26-18(25)15-5-4-10-22(11-15)16(24)12-23-17(20-21-19(23)27)14-8-6-13(2)7-9-14/h6-9,15H,3-5,10-12H2,1-2H3,(H,21,27). The zero-order chi connectivity index (χ0) is 19.4. The summed E-state index contributed by atoms with van der Waals surface area (Å²) < 4.78 is 7.21. The first-order chi connectivity index (χ1) is 13.0. The molecule has 0 saturated carbocycles. The van der Waals surface area contributed by atoms with Crippen molar-refractivity contribution in [3.63, 3.8) is 0 Å². The van der Waals surface area contributed by atoms with Crippen LogP contribution in [0.3, 0.4) is 0 Å². The molecule has 8 heteroatoms. The predicted molar refractivity (Wildman–Crippen MR) is 104 cm³/mol. The maximum Gasteiger partial charge on any atom is 0.310 e. The van der Waals surface area contributed by atoms with E-state index in [-0.39, 0.29) is 24.3 Å². The Hall–Kier alpha value is -2.48. The van der Waals surface area contributed by atoms with Gasteiger partial charge in [-0.25, -0.2) is 0 Å². The Morgan fingerprint density at radius 3 is 2.78 bits per heavy atom. The average Bonchev–Trinajstić information content (AvgIpc) is 3.03. The number of aromatic amines is 1. The zero-order valence-electron chi connectivity index (χ0n) is 15.6. The van der Waals surface area contributed by atoms with Crippen molar-refractivity contribution >= 4 is 24.1 Å². The number of esters is 1. The van der Waals surface area contributed by atoms with Crippen molar-refractivity contribution in [2.45, 2.75) is 33.2 Å². The van der Waals surface area contributed by atoms with E-state index < -0.39 is 0 Å². The molecule has 1 aliphatic heterocycles. The number of carbonyl (C=O) groups is 2. The lowest BCUT2D eigenvalue weighted by Crippen LogP contribution is -2.44. The first-order valence-corrected chi connectivity index (χ1v) is 9.57. The minimum atomic E-state index is -0.253. The SMILES string of the molecule is CCOC(=O)C1CCCN(C(=O)Cn2c(-c3ccc(C)cc3)n[nH]c2=S)C1. The van der Waals surface area contributed by atoms with Gasteiger partial charge in [0.15, 0.2) is 10.6 Å². The molecule has 0 aliphatic carbocycles. The van der Waals surface area contributed by atoms with Gasteiger partial charge in [-0.15, -0.1) is 0 Å². The van der Waals surface area contributed by atoms with Gasteiger partial charge in [0.1, 0.15) is 6.54 Å². The second kappa shape index (κ2) is 8.47. The first-order valence-electron chi connectivity index (χ1n) is 9.16. The molecule has 1 saturated heterocycles. The fourth-order valence-electron chi connectivity index (χ4n) is 3.28. The van der Waals surface area contributed by atoms with Crippen molar-refractivity contribution in [2.24, 2.45) is 5.92 Å². The fraction of sp³-hybridized carbons (Fsp3) is 0.474. The second-order valence-electron chi connectivity index (χ2n) is 6.74. The molecule has 27 heavy (non-hydrogen) atoms. The fourth-order valence-corrected chi connectivity index (χ4v) is 3.48. The minimum Gasteiger partial charge on any atom is -0.466 e. The highest BCUT2D eigenvalue weighted by Gasteiger charge is 2.29. The van der Waals surface area contributed by atoms with Crippen molar-refractivity contribution in [3.05, 3.63) is 34.6 Å². The summed E-state index contributed by atoms with van der Waals surface area (Å²) in [6.07, 6.45) is 1.54. The Labute approximate surface area is 163 Å². The highest BCUT2D eigenvalue weighted by Crippen LogP contribution is 2.21. The van der Waals surface area contributed by atoms with Gasteiger partial charge in [-0.1, -0.05) is 29.8 Å². The van der Waals surface area contributed by atoms with Crippen molar-refractivity contribution < 1.29 is 14.3 Å². The number of nitrogens with zero attached hydrogens (tertiary/aromatic N) is 3. The molecular formula is C19H24N4O3S. The molecule has 1 aromatic carbocycles. The molecule has 0 bridgehead atoms. The van der Waals surface area contributed by atoms with Crippen LogP contribution in [0.2, 0.25) is 0 Å². The summed E-state index contributed by atoms with van der Waals surface area (Å²) in [7, 11) is 0. The second-order valence-corrected chi connectivity index (χ2v) is 7.12. The summed E-state index contributed by atoms with van der Waals surface area (Å²) in [4.78, 5) is 26.6. The van der Waals surface area contributed by atoms with Crippen LogP contribution in [0.4, 0.5) is 0 Å². The van der Waals surface area contributed by atoms with Crippen LogP contribution in [0, 0.1) is 17.6 Å². The van der Waals surface area contributed by atoms with Crippen LogP contribution < -0.4 is 0 Å². The summed E-state index contributed by atoms with van der Waals surface area (Å²) in [5.41, 5.74) is 2.04. The van der Waals surface area contributed by atoms with E-state index >= 15 is 0 Å². The van der Waals surface area contributed by atoms with Gasteiger partial charge in [-0.2, -0.15) is 5.10 Å². The number of H-pyrrole nitrogens is 1. The lowest BCUT2D eigenvalue weighted by atomic mass is 9.98. The third-order valence-electron chi connectivity index (χ3n) is 4.76. The molecule has 1 fully saturated rings. The summed E-state index contributed by atoms with van der Waals surface area (Å²) in [5.74, 6) is 0.0777. The number of rotatable bonds is 5. The van der Waals surface area contributed by atoms with Crippen LogP contribution in [-0.2, 0) is 20.9 Å². The molecule has 1 aromatic heterocycles. The lowest BCUT2D eigenvalue weighted by molar-refractivity contribution is -0.151. The topological polar surface area (TPSA) is 80.2 Å². The number of amides is 1. The van der Waals surface area contributed by atoms with E-state index in [1.165, 1.54) is 0 Å². The highest BCUT2D eigenvalue weighted by atomic mass is 32.1. The molecule has 2 heterocycles. The Morgan fingerprint density at radius 1 is 1.33 bits per heavy atom. The van der Waals surface area contributed by atoms with Gasteiger partial charge in [0.05, 0.1) is 12.5 Å². The molecule has 1 amide bonds. The van der Waals surface area contributed by atoms with Crippen LogP contribution in [-0.4, -0.2) is 51.2 Å². The van der Waals surface area contributed by atoms with E-state index in [1.54, 1.807) is 16.4 Å². The van der Waals surface area contributed by atoms with E-state index in [0.717, 1.165) is 24.0 Å². The summed E-state index contributed by atoms with van der Waals surface area (Å²) >= 11 is 5.32. The number of hydrogen-bond donors (Lipinski definition) is 1. The molecular weight excluding hydrogens is 364 g/mol. The highest BCUT2D eigenvalue weighted by molar-refractivity contribution is 7.71. The van der Waals surface area contributed by atoms with Crippen LogP contribution in [0.1, 0.15) is 25.3 Å². The quantitative estimate of drug-likeness (QED) is 0.629. The summed E-state index contributed by atoms with van der Waals surface area (Å²) in [5, 5.41) is 7.06. The maximum absolute atomic E-state index is 12.8. The van der Waals surface area contributed by atoms with Gasteiger partial charge in [0.25, 0.3) is 0 Å². The molecule has 7 nitrogen and oxygen atoms in total. The first kappa shape index (κ1) is 19.3. The van der Waals surface area contributed by atoms with Gasteiger partial charge in [-0.05, 0) is 38.9 Å². The number of benzene rings is 1. The van der Waals surface area contributed by atoms with Gasteiger partial charge in [-0.3, -0.25) is 19.3 Å². The molecule has 1 N–H and O–H groups in total. The molecule has 1 aliphatic rings. The number of likely N-dealkylation sites (tertiary alicyclic amines) is 1. The Morgan fingerprint density at radius 2 is 2.07 bits per heavy atom. The lowest BCUT2D eigenvalue weighted by Gasteiger charge is -2.31. The Balaban J connectivity index is 1.74. The van der Waals surface area contributed by atoms with Crippen LogP contribution in [0.15, 0.2) is 24.3 Å². The van der Waals surface area contributed by atoms with Crippen LogP contribution >= 0.6 is 12.2 Å². The van der Waals surface area contributed by atoms with Crippen LogP contribution in [0.25, 0.3) is 11.4 Å². The number of hydrogen-bond acceptors (Lipinski definition) is 5. The van der Waals surface area contributed by atoms with E-state index in [1.807, 2.05) is 31.2 Å². The molecule has 0 spiro atoms. The maximum atomic E-state index is 12.8. The van der Waals surface area contributed by atoms with E-state index in [0.29, 0.717) is 30.3 Å². The van der Waals surface area contributed by atoms with Crippen molar-refractivity contribution in [1.82, 2.24) is 19.7 Å². The average molecular weight is 388 g/mol. The number of piperidine rings is 1. The van der Waals surface area contributed by atoms with E-state index in [9.17, 15) is 9.59 Å². The van der Waals surface area contributed by atoms with Crippen molar-refractivity contribution in [1.29, 1.82) is 0 Å². The molecule has 1 unspecified atom stereocenters. The van der Waals surface area contributed by atoms with Gasteiger partial charge < -0.3 is 9.64 Å². The number of aromatic nitrogens is 3. The third-order valence-corrected chi connectivity index (χ3v) is 5.07. The summed E-state index contributed by atoms with van der Waals surface area (Å²) in [6.45, 7) is 5.28. The van der Waals surface area contributed by atoms with Gasteiger partial charge >= 0.3 is 5.97 Å². The number of ether oxygens (including phenoxy) is 1. The number of carbonyl (C=O) groups excluding carboxylic acids is 2. The molecule has 1 atom stereocenters.